The molecule has 2 unspecified atom stereocenters. The third-order valence-electron chi connectivity index (χ3n) is 4.20. The topological polar surface area (TPSA) is 86.2 Å². The summed E-state index contributed by atoms with van der Waals surface area (Å²) in [5, 5.41) is 16.3. The number of aliphatic hydroxyl groups excluding tert-OH is 1. The van der Waals surface area contributed by atoms with Gasteiger partial charge >= 0.3 is 6.09 Å². The van der Waals surface area contributed by atoms with E-state index in [9.17, 15) is 9.90 Å². The molecule has 1 amide bonds. The molecular formula is C22H39IN4O3. The zero-order valence-corrected chi connectivity index (χ0v) is 21.5. The number of halogens is 1. The van der Waals surface area contributed by atoms with E-state index in [4.69, 9.17) is 4.74 Å². The molecule has 0 bridgehead atoms. The van der Waals surface area contributed by atoms with Crippen LogP contribution >= 0.6 is 24.0 Å². The summed E-state index contributed by atoms with van der Waals surface area (Å²) in [6.45, 7) is 12.1. The smallest absolute Gasteiger partial charge is 0.410 e. The fourth-order valence-electron chi connectivity index (χ4n) is 2.76. The second kappa shape index (κ2) is 14.5. The maximum absolute atomic E-state index is 12.1. The van der Waals surface area contributed by atoms with Gasteiger partial charge in [-0.1, -0.05) is 37.3 Å². The number of amides is 1. The van der Waals surface area contributed by atoms with Crippen LogP contribution in [0.3, 0.4) is 0 Å². The van der Waals surface area contributed by atoms with E-state index in [0.29, 0.717) is 25.6 Å². The van der Waals surface area contributed by atoms with E-state index < -0.39 is 5.60 Å². The highest BCUT2D eigenvalue weighted by molar-refractivity contribution is 14.0. The van der Waals surface area contributed by atoms with Crippen molar-refractivity contribution in [2.75, 3.05) is 39.8 Å². The van der Waals surface area contributed by atoms with E-state index in [1.165, 1.54) is 0 Å². The molecule has 7 nitrogen and oxygen atoms in total. The lowest BCUT2D eigenvalue weighted by Gasteiger charge is -2.26. The van der Waals surface area contributed by atoms with Gasteiger partial charge < -0.3 is 25.4 Å². The molecule has 1 rings (SSSR count). The first-order valence-electron chi connectivity index (χ1n) is 10.3. The van der Waals surface area contributed by atoms with Gasteiger partial charge in [-0.3, -0.25) is 4.99 Å². The minimum Gasteiger partial charge on any atom is -0.444 e. The van der Waals surface area contributed by atoms with Gasteiger partial charge in [-0.2, -0.15) is 0 Å². The molecule has 8 heteroatoms. The summed E-state index contributed by atoms with van der Waals surface area (Å²) in [6, 6.07) is 9.94. The first kappa shape index (κ1) is 28.5. The number of carbonyl (C=O) groups is 1. The van der Waals surface area contributed by atoms with Crippen LogP contribution in [0.15, 0.2) is 35.3 Å². The molecular weight excluding hydrogens is 495 g/mol. The zero-order chi connectivity index (χ0) is 21.9. The molecule has 0 aliphatic heterocycles. The van der Waals surface area contributed by atoms with Gasteiger partial charge in [0.2, 0.25) is 0 Å². The first-order chi connectivity index (χ1) is 13.7. The number of nitrogens with one attached hydrogen (secondary N) is 2. The highest BCUT2D eigenvalue weighted by Crippen LogP contribution is 2.13. The van der Waals surface area contributed by atoms with Gasteiger partial charge in [-0.25, -0.2) is 4.79 Å². The first-order valence-corrected chi connectivity index (χ1v) is 10.3. The van der Waals surface area contributed by atoms with Crippen molar-refractivity contribution in [1.82, 2.24) is 15.5 Å². The minimum atomic E-state index is -0.503. The zero-order valence-electron chi connectivity index (χ0n) is 19.1. The van der Waals surface area contributed by atoms with Gasteiger partial charge in [-0.05, 0) is 39.2 Å². The predicted molar refractivity (Wildman–Crippen MR) is 134 cm³/mol. The Morgan fingerprint density at radius 3 is 2.40 bits per heavy atom. The fourth-order valence-corrected chi connectivity index (χ4v) is 2.76. The molecule has 0 aliphatic rings. The quantitative estimate of drug-likeness (QED) is 0.257. The Balaban J connectivity index is 0.00000841. The summed E-state index contributed by atoms with van der Waals surface area (Å²) >= 11 is 0. The molecule has 0 fully saturated rings. The maximum atomic E-state index is 12.1. The number of guanidine groups is 1. The Morgan fingerprint density at radius 1 is 1.23 bits per heavy atom. The average Bonchev–Trinajstić information content (AvgIpc) is 2.66. The van der Waals surface area contributed by atoms with E-state index in [-0.39, 0.29) is 48.5 Å². The molecule has 0 saturated heterocycles. The normalized spacial score (nSPS) is 13.6. The van der Waals surface area contributed by atoms with Crippen LogP contribution in [-0.2, 0) is 4.74 Å². The summed E-state index contributed by atoms with van der Waals surface area (Å²) in [7, 11) is 1.74. The molecule has 0 aromatic heterocycles. The second-order valence-electron chi connectivity index (χ2n) is 8.36. The van der Waals surface area contributed by atoms with Gasteiger partial charge in [0.1, 0.15) is 5.60 Å². The van der Waals surface area contributed by atoms with Gasteiger partial charge in [0.25, 0.3) is 0 Å². The van der Waals surface area contributed by atoms with Crippen molar-refractivity contribution in [2.45, 2.75) is 46.1 Å². The molecule has 172 valence electrons. The lowest BCUT2D eigenvalue weighted by atomic mass is 10.0. The van der Waals surface area contributed by atoms with Crippen LogP contribution < -0.4 is 10.6 Å². The minimum absolute atomic E-state index is 0. The summed E-state index contributed by atoms with van der Waals surface area (Å²) in [5.74, 6) is 0.871. The van der Waals surface area contributed by atoms with Crippen LogP contribution in [0.1, 0.15) is 46.1 Å². The molecule has 1 aromatic rings. The number of carbonyl (C=O) groups excluding carboxylic acids is 1. The van der Waals surface area contributed by atoms with E-state index in [0.717, 1.165) is 12.1 Å². The Morgan fingerprint density at radius 2 is 1.87 bits per heavy atom. The number of hydrogen-bond donors (Lipinski definition) is 3. The van der Waals surface area contributed by atoms with Crippen molar-refractivity contribution in [3.05, 3.63) is 35.9 Å². The van der Waals surface area contributed by atoms with E-state index in [1.807, 2.05) is 58.0 Å². The van der Waals surface area contributed by atoms with Gasteiger partial charge in [0.05, 0.1) is 6.61 Å². The van der Waals surface area contributed by atoms with Crippen molar-refractivity contribution in [2.24, 2.45) is 10.9 Å². The Bertz CT molecular complexity index is 635. The van der Waals surface area contributed by atoms with Crippen LogP contribution in [0.4, 0.5) is 4.79 Å². The monoisotopic (exact) mass is 534 g/mol. The molecule has 3 N–H and O–H groups in total. The van der Waals surface area contributed by atoms with Crippen molar-refractivity contribution >= 4 is 36.0 Å². The fraction of sp³-hybridized carbons (Fsp3) is 0.636. The highest BCUT2D eigenvalue weighted by Gasteiger charge is 2.20. The molecule has 2 atom stereocenters. The summed E-state index contributed by atoms with van der Waals surface area (Å²) in [6.07, 6.45) is -0.327. The highest BCUT2D eigenvalue weighted by atomic mass is 127. The number of benzene rings is 1. The van der Waals surface area contributed by atoms with Gasteiger partial charge in [0, 0.05) is 39.1 Å². The summed E-state index contributed by atoms with van der Waals surface area (Å²) < 4.78 is 5.39. The summed E-state index contributed by atoms with van der Waals surface area (Å²) in [4.78, 5) is 18.3. The third-order valence-corrected chi connectivity index (χ3v) is 4.20. The molecule has 0 aliphatic carbocycles. The lowest BCUT2D eigenvalue weighted by molar-refractivity contribution is 0.0279. The van der Waals surface area contributed by atoms with E-state index in [1.54, 1.807) is 11.9 Å². The van der Waals surface area contributed by atoms with Crippen LogP contribution in [0.5, 0.6) is 0 Å². The van der Waals surface area contributed by atoms with Crippen molar-refractivity contribution in [3.8, 4) is 0 Å². The van der Waals surface area contributed by atoms with Crippen LogP contribution in [-0.4, -0.2) is 67.5 Å². The van der Waals surface area contributed by atoms with Crippen LogP contribution in [0, 0.1) is 5.92 Å². The predicted octanol–water partition coefficient (Wildman–Crippen LogP) is 3.44. The Hall–Kier alpha value is -1.55. The second-order valence-corrected chi connectivity index (χ2v) is 8.36. The molecule has 0 heterocycles. The number of nitrogens with zero attached hydrogens (tertiary/aromatic N) is 2. The molecule has 0 spiro atoms. The number of hydrogen-bond acceptors (Lipinski definition) is 4. The molecule has 0 saturated carbocycles. The number of ether oxygens (including phenoxy) is 1. The SMILES string of the molecule is CCNC(=NCC(C)CN(C)C(=O)OC(C)(C)C)NCC(CO)c1ccccc1.I. The van der Waals surface area contributed by atoms with Crippen molar-refractivity contribution in [3.63, 3.8) is 0 Å². The molecule has 1 aromatic carbocycles. The van der Waals surface area contributed by atoms with Crippen LogP contribution in [0.2, 0.25) is 0 Å². The van der Waals surface area contributed by atoms with E-state index >= 15 is 0 Å². The summed E-state index contributed by atoms with van der Waals surface area (Å²) in [5.41, 5.74) is 0.586. The number of rotatable bonds is 9. The largest absolute Gasteiger partial charge is 0.444 e. The average molecular weight is 534 g/mol. The lowest BCUT2D eigenvalue weighted by Crippen LogP contribution is -2.41. The Labute approximate surface area is 198 Å². The standard InChI is InChI=1S/C22H38N4O3.HI/c1-7-23-20(25-14-19(16-27)18-11-9-8-10-12-18)24-13-17(2)15-26(6)21(28)29-22(3,4)5;/h8-12,17,19,27H,7,13-16H2,1-6H3,(H2,23,24,25);1H. The van der Waals surface area contributed by atoms with E-state index in [2.05, 4.69) is 22.5 Å². The van der Waals surface area contributed by atoms with Crippen molar-refractivity contribution in [1.29, 1.82) is 0 Å². The van der Waals surface area contributed by atoms with Crippen molar-refractivity contribution < 1.29 is 14.6 Å². The van der Waals surface area contributed by atoms with Gasteiger partial charge in [-0.15, -0.1) is 24.0 Å². The molecule has 30 heavy (non-hydrogen) atoms. The number of aliphatic imine (C=N–C) groups is 1. The maximum Gasteiger partial charge on any atom is 0.410 e. The number of aliphatic hydroxyl groups is 1. The van der Waals surface area contributed by atoms with Crippen LogP contribution in [0.25, 0.3) is 0 Å². The molecule has 0 radical (unpaired) electrons. The van der Waals surface area contributed by atoms with Gasteiger partial charge in [0.15, 0.2) is 5.96 Å². The third kappa shape index (κ3) is 11.6. The Kier molecular flexibility index (Phi) is 13.7.